The van der Waals surface area contributed by atoms with E-state index >= 15 is 0 Å². The van der Waals surface area contributed by atoms with Crippen LogP contribution in [0.5, 0.6) is 5.75 Å². The molecule has 0 spiro atoms. The number of carboxylic acid groups (broad SMARTS) is 1. The molecule has 0 saturated carbocycles. The quantitative estimate of drug-likeness (QED) is 0.374. The summed E-state index contributed by atoms with van der Waals surface area (Å²) in [5.41, 5.74) is 0.245. The van der Waals surface area contributed by atoms with Gasteiger partial charge in [-0.05, 0) is 39.0 Å². The summed E-state index contributed by atoms with van der Waals surface area (Å²) in [6, 6.07) is 3.62. The molecule has 0 aliphatic carbocycles. The van der Waals surface area contributed by atoms with Crippen molar-refractivity contribution in [2.75, 3.05) is 31.6 Å². The van der Waals surface area contributed by atoms with Crippen LogP contribution in [0.3, 0.4) is 0 Å². The fraction of sp³-hybridized carbons (Fsp3) is 0.360. The largest absolute Gasteiger partial charge is 0.489 e. The van der Waals surface area contributed by atoms with Crippen LogP contribution in [0.25, 0.3) is 21.3 Å². The standard InChI is InChI=1S/C25H23Cl2FN4O6S/c1-25(2,3)38-23(34)30-22-29-18-12(4-5-15(28)20(18)39-22)16-14(26)8-13-19(17(16)27)37-10-11-9-31(24(35)36)6-7-32(11)21(13)33/h4-5,8,11H,6-7,9-10H2,1-3H3,(H,35,36)(H,29,30,34)/t11-/m0/s1. The van der Waals surface area contributed by atoms with E-state index in [0.29, 0.717) is 5.56 Å². The highest BCUT2D eigenvalue weighted by molar-refractivity contribution is 7.22. The second kappa shape index (κ2) is 10.00. The van der Waals surface area contributed by atoms with Crippen molar-refractivity contribution in [2.24, 2.45) is 0 Å². The molecule has 3 aromatic rings. The number of halogens is 3. The molecular formula is C25H23Cl2FN4O6S. The molecule has 0 radical (unpaired) electrons. The van der Waals surface area contributed by atoms with Gasteiger partial charge in [-0.15, -0.1) is 0 Å². The first kappa shape index (κ1) is 27.2. The van der Waals surface area contributed by atoms with Crippen molar-refractivity contribution < 1.29 is 33.4 Å². The number of benzene rings is 2. The maximum atomic E-state index is 14.8. The Balaban J connectivity index is 1.55. The van der Waals surface area contributed by atoms with E-state index in [9.17, 15) is 23.9 Å². The van der Waals surface area contributed by atoms with Gasteiger partial charge in [0.25, 0.3) is 5.91 Å². The van der Waals surface area contributed by atoms with Gasteiger partial charge in [0.2, 0.25) is 0 Å². The third kappa shape index (κ3) is 5.15. The maximum absolute atomic E-state index is 14.8. The molecule has 1 atom stereocenters. The van der Waals surface area contributed by atoms with Crippen molar-refractivity contribution in [1.82, 2.24) is 14.8 Å². The summed E-state index contributed by atoms with van der Waals surface area (Å²) < 4.78 is 26.2. The zero-order valence-electron chi connectivity index (χ0n) is 21.0. The Kier molecular flexibility index (Phi) is 6.98. The molecule has 2 aliphatic rings. The van der Waals surface area contributed by atoms with E-state index in [-0.39, 0.29) is 74.4 Å². The third-order valence-corrected chi connectivity index (χ3v) is 7.85. The number of amides is 3. The van der Waals surface area contributed by atoms with E-state index < -0.39 is 29.6 Å². The summed E-state index contributed by atoms with van der Waals surface area (Å²) in [6.07, 6.45) is -1.81. The third-order valence-electron chi connectivity index (χ3n) is 6.21. The first-order chi connectivity index (χ1) is 18.3. The average molecular weight is 597 g/mol. The second-order valence-electron chi connectivity index (χ2n) is 10.0. The Labute approximate surface area is 236 Å². The Morgan fingerprint density at radius 1 is 1.26 bits per heavy atom. The number of piperazine rings is 1. The van der Waals surface area contributed by atoms with E-state index in [1.807, 2.05) is 0 Å². The van der Waals surface area contributed by atoms with Crippen LogP contribution in [0.2, 0.25) is 10.0 Å². The number of thiazole rings is 1. The predicted octanol–water partition coefficient (Wildman–Crippen LogP) is 5.95. The van der Waals surface area contributed by atoms with Gasteiger partial charge in [0.05, 0.1) is 31.9 Å². The predicted molar refractivity (Wildman–Crippen MR) is 145 cm³/mol. The normalized spacial score (nSPS) is 17.3. The summed E-state index contributed by atoms with van der Waals surface area (Å²) in [4.78, 5) is 44.3. The first-order valence-electron chi connectivity index (χ1n) is 11.9. The fourth-order valence-corrected chi connectivity index (χ4v) is 6.14. The lowest BCUT2D eigenvalue weighted by molar-refractivity contribution is 0.0390. The lowest BCUT2D eigenvalue weighted by Crippen LogP contribution is -2.57. The summed E-state index contributed by atoms with van der Waals surface area (Å²) in [5.74, 6) is -0.844. The molecule has 3 amide bonds. The molecule has 2 N–H and O–H groups in total. The number of nitrogens with one attached hydrogen (secondary N) is 1. The zero-order chi connectivity index (χ0) is 28.2. The molecule has 1 aromatic heterocycles. The van der Waals surface area contributed by atoms with Crippen LogP contribution < -0.4 is 10.1 Å². The minimum atomic E-state index is -1.07. The average Bonchev–Trinajstić information content (AvgIpc) is 3.21. The fourth-order valence-electron chi connectivity index (χ4n) is 4.54. The van der Waals surface area contributed by atoms with E-state index in [4.69, 9.17) is 32.7 Å². The molecule has 14 heteroatoms. The lowest BCUT2D eigenvalue weighted by atomic mass is 10.0. The Morgan fingerprint density at radius 2 is 2.00 bits per heavy atom. The van der Waals surface area contributed by atoms with Crippen LogP contribution in [-0.2, 0) is 4.74 Å². The number of carbonyl (C=O) groups excluding carboxylic acids is 2. The van der Waals surface area contributed by atoms with Crippen molar-refractivity contribution in [3.8, 4) is 16.9 Å². The Bertz CT molecular complexity index is 1520. The summed E-state index contributed by atoms with van der Waals surface area (Å²) in [7, 11) is 0. The maximum Gasteiger partial charge on any atom is 0.413 e. The molecule has 0 bridgehead atoms. The van der Waals surface area contributed by atoms with Crippen molar-refractivity contribution in [3.63, 3.8) is 0 Å². The number of rotatable bonds is 2. The van der Waals surface area contributed by atoms with E-state index in [2.05, 4.69) is 10.3 Å². The van der Waals surface area contributed by atoms with Crippen LogP contribution >= 0.6 is 34.5 Å². The molecule has 1 fully saturated rings. The van der Waals surface area contributed by atoms with Crippen LogP contribution in [0.4, 0.5) is 19.1 Å². The van der Waals surface area contributed by atoms with E-state index in [1.54, 1.807) is 25.7 Å². The number of anilines is 1. The number of nitrogens with zero attached hydrogens (tertiary/aromatic N) is 3. The van der Waals surface area contributed by atoms with Gasteiger partial charge >= 0.3 is 12.2 Å². The highest BCUT2D eigenvalue weighted by Crippen LogP contribution is 2.47. The van der Waals surface area contributed by atoms with Crippen molar-refractivity contribution in [3.05, 3.63) is 39.6 Å². The van der Waals surface area contributed by atoms with E-state index in [0.717, 1.165) is 11.3 Å². The second-order valence-corrected chi connectivity index (χ2v) is 11.8. The number of hydrogen-bond donors (Lipinski definition) is 2. The summed E-state index contributed by atoms with van der Waals surface area (Å²) in [5, 5.41) is 12.1. The molecule has 5 rings (SSSR count). The molecule has 3 heterocycles. The lowest BCUT2D eigenvalue weighted by Gasteiger charge is -2.38. The molecule has 0 unspecified atom stereocenters. The smallest absolute Gasteiger partial charge is 0.413 e. The van der Waals surface area contributed by atoms with Gasteiger partial charge in [0, 0.05) is 30.8 Å². The monoisotopic (exact) mass is 596 g/mol. The van der Waals surface area contributed by atoms with Gasteiger partial charge in [0.15, 0.2) is 10.9 Å². The van der Waals surface area contributed by atoms with Crippen molar-refractivity contribution in [2.45, 2.75) is 32.4 Å². The van der Waals surface area contributed by atoms with Crippen molar-refractivity contribution >= 4 is 68.0 Å². The molecule has 206 valence electrons. The Morgan fingerprint density at radius 3 is 2.69 bits per heavy atom. The van der Waals surface area contributed by atoms with E-state index in [1.165, 1.54) is 23.1 Å². The highest BCUT2D eigenvalue weighted by atomic mass is 35.5. The van der Waals surface area contributed by atoms with Gasteiger partial charge in [-0.25, -0.2) is 19.0 Å². The number of carbonyl (C=O) groups is 3. The van der Waals surface area contributed by atoms with Crippen LogP contribution in [-0.4, -0.2) is 75.9 Å². The molecule has 2 aliphatic heterocycles. The van der Waals surface area contributed by atoms with Crippen LogP contribution in [0.15, 0.2) is 18.2 Å². The van der Waals surface area contributed by atoms with Gasteiger partial charge in [-0.2, -0.15) is 0 Å². The van der Waals surface area contributed by atoms with Gasteiger partial charge in [-0.3, -0.25) is 10.1 Å². The topological polar surface area (TPSA) is 121 Å². The highest BCUT2D eigenvalue weighted by Gasteiger charge is 2.38. The number of ether oxygens (including phenoxy) is 2. The Hall–Kier alpha value is -3.35. The molecule has 10 nitrogen and oxygen atoms in total. The molecule has 2 aromatic carbocycles. The van der Waals surface area contributed by atoms with Crippen molar-refractivity contribution in [1.29, 1.82) is 0 Å². The number of fused-ring (bicyclic) bond motifs is 3. The first-order valence-corrected chi connectivity index (χ1v) is 13.4. The zero-order valence-corrected chi connectivity index (χ0v) is 23.3. The summed E-state index contributed by atoms with van der Waals surface area (Å²) in [6.45, 7) is 5.62. The molecule has 1 saturated heterocycles. The SMILES string of the molecule is CC(C)(C)OC(=O)Nc1nc2c(-c3c(Cl)cc4c(c3Cl)OC[C@@H]3CN(C(=O)O)CCN3C4=O)ccc(F)c2s1. The van der Waals surface area contributed by atoms with Crippen LogP contribution in [0, 0.1) is 5.82 Å². The minimum absolute atomic E-state index is 0.0167. The van der Waals surface area contributed by atoms with Gasteiger partial charge in [-0.1, -0.05) is 34.5 Å². The van der Waals surface area contributed by atoms with Crippen LogP contribution in [0.1, 0.15) is 31.1 Å². The molecule has 39 heavy (non-hydrogen) atoms. The number of aromatic nitrogens is 1. The number of hydrogen-bond acceptors (Lipinski definition) is 7. The molecular weight excluding hydrogens is 574 g/mol. The van der Waals surface area contributed by atoms with Gasteiger partial charge < -0.3 is 24.4 Å². The minimum Gasteiger partial charge on any atom is -0.489 e. The summed E-state index contributed by atoms with van der Waals surface area (Å²) >= 11 is 14.4. The van der Waals surface area contributed by atoms with Gasteiger partial charge in [0.1, 0.15) is 18.0 Å².